The van der Waals surface area contributed by atoms with Gasteiger partial charge in [-0.05, 0) is 58.3 Å². The molecule has 0 atom stereocenters. The van der Waals surface area contributed by atoms with Gasteiger partial charge < -0.3 is 5.11 Å². The molecular weight excluding hydrogens is 427 g/mol. The van der Waals surface area contributed by atoms with Gasteiger partial charge in [0.15, 0.2) is 5.78 Å². The largest absolute Gasteiger partial charge is 0.506 e. The second-order valence-electron chi connectivity index (χ2n) is 3.50. The van der Waals surface area contributed by atoms with Crippen LogP contribution in [0.1, 0.15) is 15.2 Å². The number of benzene rings is 1. The number of rotatable bonds is 3. The van der Waals surface area contributed by atoms with Gasteiger partial charge in [0.1, 0.15) is 5.75 Å². The number of thiophene rings is 1. The van der Waals surface area contributed by atoms with Crippen molar-refractivity contribution in [2.24, 2.45) is 0 Å². The monoisotopic (exact) mass is 434 g/mol. The third kappa shape index (κ3) is 3.21. The fourth-order valence-electron chi connectivity index (χ4n) is 1.39. The fraction of sp³-hybridized carbons (Fsp3) is 0. The van der Waals surface area contributed by atoms with E-state index in [0.717, 1.165) is 9.35 Å². The Hall–Kier alpha value is -0.660. The van der Waals surface area contributed by atoms with Crippen LogP contribution in [-0.2, 0) is 0 Å². The van der Waals surface area contributed by atoms with Gasteiger partial charge in [-0.2, -0.15) is 0 Å². The summed E-state index contributed by atoms with van der Waals surface area (Å²) in [4.78, 5) is 13.0. The molecule has 0 saturated carbocycles. The molecule has 1 heterocycles. The molecule has 0 spiro atoms. The summed E-state index contributed by atoms with van der Waals surface area (Å²) >= 11 is 6.87. The average molecular weight is 435 g/mol. The zero-order valence-corrected chi connectivity index (χ0v) is 13.6. The SMILES string of the molecule is O=C(/C=C/c1cccs1)c1cc(Br)cc(I)c1O. The summed E-state index contributed by atoms with van der Waals surface area (Å²) in [5.41, 5.74) is 0.307. The number of halogens is 2. The number of hydrogen-bond donors (Lipinski definition) is 1. The van der Waals surface area contributed by atoms with Gasteiger partial charge in [-0.25, -0.2) is 0 Å². The molecule has 2 aromatic rings. The quantitative estimate of drug-likeness (QED) is 0.431. The molecule has 0 radical (unpaired) electrons. The van der Waals surface area contributed by atoms with Crippen molar-refractivity contribution in [3.8, 4) is 5.75 Å². The summed E-state index contributed by atoms with van der Waals surface area (Å²) in [5, 5.41) is 11.8. The summed E-state index contributed by atoms with van der Waals surface area (Å²) in [5.74, 6) is -0.181. The van der Waals surface area contributed by atoms with E-state index in [4.69, 9.17) is 0 Å². The van der Waals surface area contributed by atoms with E-state index in [-0.39, 0.29) is 11.5 Å². The molecule has 18 heavy (non-hydrogen) atoms. The zero-order valence-electron chi connectivity index (χ0n) is 9.06. The van der Waals surface area contributed by atoms with Gasteiger partial charge in [0, 0.05) is 9.35 Å². The highest BCUT2D eigenvalue weighted by Gasteiger charge is 2.12. The molecule has 2 rings (SSSR count). The number of hydrogen-bond acceptors (Lipinski definition) is 3. The summed E-state index contributed by atoms with van der Waals surface area (Å²) in [6.45, 7) is 0. The van der Waals surface area contributed by atoms with Gasteiger partial charge in [0.05, 0.1) is 9.13 Å². The van der Waals surface area contributed by atoms with Gasteiger partial charge in [-0.15, -0.1) is 11.3 Å². The molecule has 0 aliphatic carbocycles. The van der Waals surface area contributed by atoms with Gasteiger partial charge in [-0.1, -0.05) is 22.0 Å². The number of phenols is 1. The van der Waals surface area contributed by atoms with Crippen molar-refractivity contribution in [3.63, 3.8) is 0 Å². The Morgan fingerprint density at radius 1 is 1.44 bits per heavy atom. The van der Waals surface area contributed by atoms with Crippen molar-refractivity contribution in [2.75, 3.05) is 0 Å². The maximum absolute atomic E-state index is 12.0. The Bertz CT molecular complexity index is 606. The highest BCUT2D eigenvalue weighted by Crippen LogP contribution is 2.29. The Morgan fingerprint density at radius 2 is 2.22 bits per heavy atom. The molecule has 1 aromatic carbocycles. The number of aromatic hydroxyl groups is 1. The second-order valence-corrected chi connectivity index (χ2v) is 6.55. The first-order chi connectivity index (χ1) is 8.58. The Balaban J connectivity index is 2.29. The van der Waals surface area contributed by atoms with Crippen LogP contribution in [0.3, 0.4) is 0 Å². The van der Waals surface area contributed by atoms with Gasteiger partial charge in [-0.3, -0.25) is 4.79 Å². The van der Waals surface area contributed by atoms with Crippen LogP contribution < -0.4 is 0 Å². The number of allylic oxidation sites excluding steroid dienone is 1. The van der Waals surface area contributed by atoms with Crippen LogP contribution in [0.2, 0.25) is 0 Å². The Kier molecular flexibility index (Phi) is 4.58. The highest BCUT2D eigenvalue weighted by atomic mass is 127. The molecule has 0 amide bonds. The first-order valence-electron chi connectivity index (χ1n) is 5.02. The summed E-state index contributed by atoms with van der Waals surface area (Å²) in [6, 6.07) is 7.24. The Morgan fingerprint density at radius 3 is 2.89 bits per heavy atom. The lowest BCUT2D eigenvalue weighted by molar-refractivity contribution is 0.104. The van der Waals surface area contributed by atoms with Crippen molar-refractivity contribution in [1.82, 2.24) is 0 Å². The van der Waals surface area contributed by atoms with E-state index >= 15 is 0 Å². The van der Waals surface area contributed by atoms with Crippen LogP contribution in [0.5, 0.6) is 5.75 Å². The smallest absolute Gasteiger partial charge is 0.189 e. The van der Waals surface area contributed by atoms with Gasteiger partial charge >= 0.3 is 0 Å². The highest BCUT2D eigenvalue weighted by molar-refractivity contribution is 14.1. The summed E-state index contributed by atoms with van der Waals surface area (Å²) in [6.07, 6.45) is 3.23. The van der Waals surface area contributed by atoms with E-state index in [1.807, 2.05) is 40.1 Å². The zero-order chi connectivity index (χ0) is 13.1. The van der Waals surface area contributed by atoms with E-state index in [0.29, 0.717) is 9.13 Å². The predicted octanol–water partition coefficient (Wildman–Crippen LogP) is 4.72. The van der Waals surface area contributed by atoms with Gasteiger partial charge in [0.25, 0.3) is 0 Å². The van der Waals surface area contributed by atoms with Crippen LogP contribution in [0.4, 0.5) is 0 Å². The van der Waals surface area contributed by atoms with Crippen molar-refractivity contribution < 1.29 is 9.90 Å². The lowest BCUT2D eigenvalue weighted by Gasteiger charge is -2.04. The third-order valence-corrected chi connectivity index (χ3v) is 4.35. The normalized spacial score (nSPS) is 11.0. The molecule has 92 valence electrons. The van der Waals surface area contributed by atoms with Crippen LogP contribution in [0.15, 0.2) is 40.2 Å². The molecule has 0 aliphatic rings. The first-order valence-corrected chi connectivity index (χ1v) is 7.77. The van der Waals surface area contributed by atoms with E-state index in [2.05, 4.69) is 15.9 Å². The maximum atomic E-state index is 12.0. The fourth-order valence-corrected chi connectivity index (χ4v) is 3.52. The van der Waals surface area contributed by atoms with Crippen LogP contribution in [-0.4, -0.2) is 10.9 Å². The van der Waals surface area contributed by atoms with Gasteiger partial charge in [0.2, 0.25) is 0 Å². The van der Waals surface area contributed by atoms with E-state index in [1.165, 1.54) is 6.08 Å². The van der Waals surface area contributed by atoms with Crippen molar-refractivity contribution in [3.05, 3.63) is 54.2 Å². The minimum absolute atomic E-state index is 0.0274. The van der Waals surface area contributed by atoms with Crippen LogP contribution in [0, 0.1) is 3.57 Å². The number of carbonyl (C=O) groups is 1. The Labute approximate surface area is 131 Å². The van der Waals surface area contributed by atoms with Crippen LogP contribution in [0.25, 0.3) is 6.08 Å². The first kappa shape index (κ1) is 13.8. The molecule has 0 fully saturated rings. The molecule has 0 saturated heterocycles. The maximum Gasteiger partial charge on any atom is 0.189 e. The minimum atomic E-state index is -0.208. The van der Waals surface area contributed by atoms with E-state index in [1.54, 1.807) is 29.5 Å². The summed E-state index contributed by atoms with van der Waals surface area (Å²) in [7, 11) is 0. The molecule has 2 nitrogen and oxygen atoms in total. The topological polar surface area (TPSA) is 37.3 Å². The number of phenolic OH excluding ortho intramolecular Hbond substituents is 1. The summed E-state index contributed by atoms with van der Waals surface area (Å²) < 4.78 is 1.42. The lowest BCUT2D eigenvalue weighted by Crippen LogP contribution is -1.96. The molecule has 0 unspecified atom stereocenters. The predicted molar refractivity (Wildman–Crippen MR) is 86.2 cm³/mol. The molecule has 0 bridgehead atoms. The number of carbonyl (C=O) groups excluding carboxylic acids is 1. The van der Waals surface area contributed by atoms with E-state index < -0.39 is 0 Å². The molecule has 5 heteroatoms. The minimum Gasteiger partial charge on any atom is -0.506 e. The molecular formula is C13H8BrIO2S. The second kappa shape index (κ2) is 5.99. The van der Waals surface area contributed by atoms with Crippen molar-refractivity contribution in [2.45, 2.75) is 0 Å². The van der Waals surface area contributed by atoms with E-state index in [9.17, 15) is 9.90 Å². The third-order valence-electron chi connectivity index (χ3n) is 2.24. The molecule has 1 N–H and O–H groups in total. The lowest BCUT2D eigenvalue weighted by atomic mass is 10.1. The van der Waals surface area contributed by atoms with Crippen molar-refractivity contribution >= 4 is 61.7 Å². The van der Waals surface area contributed by atoms with Crippen LogP contribution >= 0.6 is 49.9 Å². The molecule has 1 aromatic heterocycles. The number of ketones is 1. The molecule has 0 aliphatic heterocycles. The van der Waals surface area contributed by atoms with Crippen molar-refractivity contribution in [1.29, 1.82) is 0 Å². The average Bonchev–Trinajstić information content (AvgIpc) is 2.83. The standard InChI is InChI=1S/C13H8BrIO2S/c14-8-6-10(13(17)11(15)7-8)12(16)4-3-9-2-1-5-18-9/h1-7,17H/b4-3+.